The predicted molar refractivity (Wildman–Crippen MR) is 203 cm³/mol. The average molecular weight is 641 g/mol. The van der Waals surface area contributed by atoms with Crippen LogP contribution in [0.3, 0.4) is 0 Å². The summed E-state index contributed by atoms with van der Waals surface area (Å²) in [6.45, 7) is 0. The molecule has 0 aliphatic rings. The largest absolute Gasteiger partial charge is 0.309 e. The van der Waals surface area contributed by atoms with Crippen molar-refractivity contribution in [2.45, 2.75) is 0 Å². The Morgan fingerprint density at radius 3 is 1.46 bits per heavy atom. The van der Waals surface area contributed by atoms with Crippen molar-refractivity contribution < 1.29 is 0 Å². The molecular formula is C44H28N6. The highest BCUT2D eigenvalue weighted by Crippen LogP contribution is 2.39. The van der Waals surface area contributed by atoms with Crippen molar-refractivity contribution in [2.24, 2.45) is 0 Å². The Morgan fingerprint density at radius 1 is 0.360 bits per heavy atom. The molecule has 5 heterocycles. The summed E-state index contributed by atoms with van der Waals surface area (Å²) in [6, 6.07) is 54.8. The second kappa shape index (κ2) is 11.4. The Morgan fingerprint density at radius 2 is 0.860 bits per heavy atom. The molecule has 10 rings (SSSR count). The zero-order valence-electron chi connectivity index (χ0n) is 26.8. The number of hydrogen-bond donors (Lipinski definition) is 0. The summed E-state index contributed by atoms with van der Waals surface area (Å²) in [7, 11) is 0. The molecule has 10 aromatic rings. The van der Waals surface area contributed by atoms with Gasteiger partial charge in [0.15, 0.2) is 5.82 Å². The molecule has 0 spiro atoms. The molecule has 6 nitrogen and oxygen atoms in total. The molecule has 0 aliphatic carbocycles. The summed E-state index contributed by atoms with van der Waals surface area (Å²) in [4.78, 5) is 19.5. The van der Waals surface area contributed by atoms with Gasteiger partial charge in [-0.2, -0.15) is 0 Å². The Balaban J connectivity index is 1.21. The number of hydrogen-bond acceptors (Lipinski definition) is 4. The molecule has 0 atom stereocenters. The quantitative estimate of drug-likeness (QED) is 0.188. The van der Waals surface area contributed by atoms with Crippen LogP contribution >= 0.6 is 0 Å². The van der Waals surface area contributed by atoms with Crippen LogP contribution in [0.5, 0.6) is 0 Å². The fraction of sp³-hybridized carbons (Fsp3) is 0. The van der Waals surface area contributed by atoms with Crippen molar-refractivity contribution in [1.29, 1.82) is 0 Å². The molecule has 5 aromatic heterocycles. The first-order valence-corrected chi connectivity index (χ1v) is 16.7. The second-order valence-electron chi connectivity index (χ2n) is 12.3. The number of fused-ring (bicyclic) bond motifs is 6. The van der Waals surface area contributed by atoms with Gasteiger partial charge in [0.05, 0.1) is 50.5 Å². The maximum absolute atomic E-state index is 5.12. The number of para-hydroxylation sites is 4. The Kier molecular flexibility index (Phi) is 6.39. The Bertz CT molecular complexity index is 2760. The van der Waals surface area contributed by atoms with Gasteiger partial charge in [0.1, 0.15) is 0 Å². The van der Waals surface area contributed by atoms with E-state index in [1.54, 1.807) is 12.4 Å². The lowest BCUT2D eigenvalue weighted by Gasteiger charge is -2.15. The summed E-state index contributed by atoms with van der Waals surface area (Å²) in [5, 5.41) is 4.85. The van der Waals surface area contributed by atoms with E-state index >= 15 is 0 Å². The van der Waals surface area contributed by atoms with E-state index in [9.17, 15) is 0 Å². The summed E-state index contributed by atoms with van der Waals surface area (Å²) >= 11 is 0. The first-order valence-electron chi connectivity index (χ1n) is 16.7. The summed E-state index contributed by atoms with van der Waals surface area (Å²) in [5.41, 5.74) is 10.7. The minimum Gasteiger partial charge on any atom is -0.309 e. The molecule has 5 aromatic carbocycles. The van der Waals surface area contributed by atoms with Crippen molar-refractivity contribution in [1.82, 2.24) is 29.1 Å². The van der Waals surface area contributed by atoms with Gasteiger partial charge in [-0.3, -0.25) is 9.97 Å². The SMILES string of the molecule is c1ccc(-c2cc(-c3ccccn3)nc(-c3ccccc3-n3c4ccccc4c4cc(-n5c6ccccc6c6ccccc65)ccc43)n2)nc1. The van der Waals surface area contributed by atoms with Gasteiger partial charge in [-0.05, 0) is 78.9 Å². The van der Waals surface area contributed by atoms with Gasteiger partial charge in [0, 0.05) is 45.2 Å². The van der Waals surface area contributed by atoms with Crippen LogP contribution in [0.25, 0.3) is 89.2 Å². The van der Waals surface area contributed by atoms with Gasteiger partial charge in [-0.25, -0.2) is 9.97 Å². The van der Waals surface area contributed by atoms with Crippen molar-refractivity contribution in [3.63, 3.8) is 0 Å². The normalized spacial score (nSPS) is 11.6. The van der Waals surface area contributed by atoms with E-state index in [0.717, 1.165) is 50.7 Å². The van der Waals surface area contributed by atoms with Crippen LogP contribution in [0.1, 0.15) is 0 Å². The third-order valence-corrected chi connectivity index (χ3v) is 9.46. The molecule has 50 heavy (non-hydrogen) atoms. The lowest BCUT2D eigenvalue weighted by Crippen LogP contribution is -2.02. The summed E-state index contributed by atoms with van der Waals surface area (Å²) in [6.07, 6.45) is 3.58. The van der Waals surface area contributed by atoms with E-state index in [4.69, 9.17) is 9.97 Å². The van der Waals surface area contributed by atoms with E-state index in [1.807, 2.05) is 48.5 Å². The van der Waals surface area contributed by atoms with Crippen molar-refractivity contribution in [2.75, 3.05) is 0 Å². The number of benzene rings is 5. The second-order valence-corrected chi connectivity index (χ2v) is 12.3. The third-order valence-electron chi connectivity index (χ3n) is 9.46. The first kappa shape index (κ1) is 28.1. The maximum atomic E-state index is 5.12. The molecular weight excluding hydrogens is 613 g/mol. The molecule has 234 valence electrons. The molecule has 0 aliphatic heterocycles. The van der Waals surface area contributed by atoms with Gasteiger partial charge in [-0.1, -0.05) is 78.9 Å². The first-order chi connectivity index (χ1) is 24.8. The fourth-order valence-corrected chi connectivity index (χ4v) is 7.28. The van der Waals surface area contributed by atoms with E-state index in [0.29, 0.717) is 5.82 Å². The number of pyridine rings is 2. The zero-order chi connectivity index (χ0) is 33.0. The molecule has 0 fully saturated rings. The van der Waals surface area contributed by atoms with Gasteiger partial charge in [-0.15, -0.1) is 0 Å². The van der Waals surface area contributed by atoms with Crippen LogP contribution in [-0.4, -0.2) is 29.1 Å². The number of rotatable bonds is 5. The minimum atomic E-state index is 0.609. The molecule has 0 saturated heterocycles. The molecule has 0 amide bonds. The van der Waals surface area contributed by atoms with E-state index in [-0.39, 0.29) is 0 Å². The Hall–Kier alpha value is -6.92. The van der Waals surface area contributed by atoms with Crippen LogP contribution in [-0.2, 0) is 0 Å². The molecule has 0 bridgehead atoms. The fourth-order valence-electron chi connectivity index (χ4n) is 7.28. The van der Waals surface area contributed by atoms with Gasteiger partial charge in [0.25, 0.3) is 0 Å². The van der Waals surface area contributed by atoms with Crippen molar-refractivity contribution in [3.8, 4) is 45.5 Å². The monoisotopic (exact) mass is 640 g/mol. The molecule has 0 N–H and O–H groups in total. The number of aromatic nitrogens is 6. The highest BCUT2D eigenvalue weighted by Gasteiger charge is 2.20. The molecule has 0 unspecified atom stereocenters. The highest BCUT2D eigenvalue weighted by atomic mass is 15.0. The average Bonchev–Trinajstić information content (AvgIpc) is 3.71. The van der Waals surface area contributed by atoms with Gasteiger partial charge >= 0.3 is 0 Å². The van der Waals surface area contributed by atoms with E-state index in [2.05, 4.69) is 128 Å². The summed E-state index contributed by atoms with van der Waals surface area (Å²) < 4.78 is 4.72. The van der Waals surface area contributed by atoms with Crippen LogP contribution in [0.15, 0.2) is 170 Å². The minimum absolute atomic E-state index is 0.609. The topological polar surface area (TPSA) is 61.4 Å². The highest BCUT2D eigenvalue weighted by molar-refractivity contribution is 6.12. The zero-order valence-corrected chi connectivity index (χ0v) is 26.8. The van der Waals surface area contributed by atoms with Crippen LogP contribution in [0, 0.1) is 0 Å². The number of nitrogens with zero attached hydrogens (tertiary/aromatic N) is 6. The standard InChI is InChI=1S/C44H28N6/c1-5-19-39-30(13-1)31-14-2-6-20-40(31)49(39)29-23-24-43-34(27-29)32-15-3-7-21-41(32)50(43)42-22-8-4-16-33(42)44-47-37(35-17-9-11-25-45-35)28-38(48-44)36-18-10-12-26-46-36/h1-28H. The van der Waals surface area contributed by atoms with Crippen molar-refractivity contribution >= 4 is 43.6 Å². The molecule has 0 saturated carbocycles. The Labute approximate surface area is 287 Å². The molecule has 6 heteroatoms. The lowest BCUT2D eigenvalue weighted by molar-refractivity contribution is 1.12. The smallest absolute Gasteiger partial charge is 0.162 e. The predicted octanol–water partition coefficient (Wildman–Crippen LogP) is 10.5. The third kappa shape index (κ3) is 4.43. The van der Waals surface area contributed by atoms with Gasteiger partial charge in [0.2, 0.25) is 0 Å². The van der Waals surface area contributed by atoms with Crippen LogP contribution < -0.4 is 0 Å². The van der Waals surface area contributed by atoms with Gasteiger partial charge < -0.3 is 9.13 Å². The lowest BCUT2D eigenvalue weighted by atomic mass is 10.1. The van der Waals surface area contributed by atoms with Crippen molar-refractivity contribution in [3.05, 3.63) is 170 Å². The van der Waals surface area contributed by atoms with Crippen LogP contribution in [0.4, 0.5) is 0 Å². The van der Waals surface area contributed by atoms with E-state index in [1.165, 1.54) is 32.6 Å². The molecule has 0 radical (unpaired) electrons. The van der Waals surface area contributed by atoms with E-state index < -0.39 is 0 Å². The summed E-state index contributed by atoms with van der Waals surface area (Å²) in [5.74, 6) is 0.609. The van der Waals surface area contributed by atoms with Crippen LogP contribution in [0.2, 0.25) is 0 Å². The maximum Gasteiger partial charge on any atom is 0.162 e.